The zero-order valence-electron chi connectivity index (χ0n) is 33.0. The topological polar surface area (TPSA) is 406 Å². The summed E-state index contributed by atoms with van der Waals surface area (Å²) < 4.78 is 213. The summed E-state index contributed by atoms with van der Waals surface area (Å²) in [4.78, 5) is 6.84. The number of ether oxygens (including phenoxy) is 1. The third kappa shape index (κ3) is 17.1. The zero-order valence-corrected chi connectivity index (χ0v) is 47.5. The van der Waals surface area contributed by atoms with Gasteiger partial charge < -0.3 is 38.0 Å². The molecule has 0 atom stereocenters. The Balaban J connectivity index is 0.00000512. The van der Waals surface area contributed by atoms with E-state index in [0.717, 1.165) is 24.3 Å². The predicted molar refractivity (Wildman–Crippen MR) is 196 cm³/mol. The second kappa shape index (κ2) is 24.5. The summed E-state index contributed by atoms with van der Waals surface area (Å²) in [5.74, 6) is -3.34. The quantitative estimate of drug-likeness (QED) is 0.0255. The molecule has 1 aliphatic carbocycles. The van der Waals surface area contributed by atoms with Crippen LogP contribution in [0.5, 0.6) is 11.5 Å². The molecule has 0 saturated carbocycles. The molecular formula is C26H22Cl2N4Na4O22S6. The van der Waals surface area contributed by atoms with E-state index in [-0.39, 0.29) is 163 Å². The second-order valence-corrected chi connectivity index (χ2v) is 20.5. The van der Waals surface area contributed by atoms with Crippen LogP contribution in [-0.4, -0.2) is 125 Å². The Morgan fingerprint density at radius 3 is 1.80 bits per heavy atom. The van der Waals surface area contributed by atoms with Gasteiger partial charge in [-0.15, -0.1) is 0 Å². The van der Waals surface area contributed by atoms with Crippen molar-refractivity contribution in [1.29, 1.82) is 0 Å². The van der Waals surface area contributed by atoms with E-state index in [0.29, 0.717) is 0 Å². The number of nitrogens with one attached hydrogen (secondary N) is 2. The van der Waals surface area contributed by atoms with Gasteiger partial charge >= 0.3 is 118 Å². The molecule has 0 unspecified atom stereocenters. The summed E-state index contributed by atoms with van der Waals surface area (Å²) in [7, 11) is -30.4. The largest absolute Gasteiger partial charge is 1.00 e. The SMILES string of the molecule is O=S(=O)([O-])OCCN=c1ccc2nc3c(Cl)c4c(c(Cl)c3oc-2c1S(=O)(=O)CCOS(=O)(=O)[O-])Nc1cc(S(=O)(=O)CCOS(=O)(=O)[O-])c(NCCOS(=O)(=O)[O-])cc1O4.[Na+].[Na+].[Na+].[Na+]. The van der Waals surface area contributed by atoms with Crippen molar-refractivity contribution < 1.29 is 213 Å². The van der Waals surface area contributed by atoms with Crippen molar-refractivity contribution >= 4 is 113 Å². The van der Waals surface area contributed by atoms with Gasteiger partial charge in [0.1, 0.15) is 31.8 Å². The molecule has 26 nitrogen and oxygen atoms in total. The van der Waals surface area contributed by atoms with E-state index in [2.05, 4.69) is 37.3 Å². The number of anilines is 3. The summed E-state index contributed by atoms with van der Waals surface area (Å²) in [6.45, 7) is -5.06. The molecule has 2 aromatic carbocycles. The third-order valence-electron chi connectivity index (χ3n) is 7.38. The molecule has 38 heteroatoms. The van der Waals surface area contributed by atoms with E-state index in [1.807, 2.05) is 0 Å². The number of aromatic nitrogens is 1. The minimum absolute atomic E-state index is 0. The fourth-order valence-electron chi connectivity index (χ4n) is 5.13. The first-order valence-corrected chi connectivity index (χ1v) is 25.0. The monoisotopic (exact) mass is 1100 g/mol. The van der Waals surface area contributed by atoms with Crippen LogP contribution in [0, 0.1) is 0 Å². The van der Waals surface area contributed by atoms with Crippen LogP contribution < -0.4 is 139 Å². The molecule has 0 saturated heterocycles. The number of fused-ring (bicyclic) bond motifs is 4. The minimum Gasteiger partial charge on any atom is -0.726 e. The van der Waals surface area contributed by atoms with Crippen LogP contribution in [0.3, 0.4) is 0 Å². The normalized spacial score (nSPS) is 13.2. The van der Waals surface area contributed by atoms with E-state index in [1.165, 1.54) is 0 Å². The minimum atomic E-state index is -5.35. The zero-order chi connectivity index (χ0) is 44.6. The van der Waals surface area contributed by atoms with Crippen LogP contribution in [-0.2, 0) is 78.0 Å². The van der Waals surface area contributed by atoms with Gasteiger partial charge in [0.2, 0.25) is 41.6 Å². The van der Waals surface area contributed by atoms with Crippen LogP contribution in [0.2, 0.25) is 10.0 Å². The maximum absolute atomic E-state index is 13.6. The Hall–Kier alpha value is 0.420. The van der Waals surface area contributed by atoms with Crippen LogP contribution in [0.15, 0.2) is 43.5 Å². The van der Waals surface area contributed by atoms with Gasteiger partial charge in [0.25, 0.3) is 0 Å². The van der Waals surface area contributed by atoms with Gasteiger partial charge in [-0.3, -0.25) is 21.7 Å². The molecule has 0 spiro atoms. The van der Waals surface area contributed by atoms with E-state index in [1.54, 1.807) is 0 Å². The van der Waals surface area contributed by atoms with Gasteiger partial charge in [0, 0.05) is 12.6 Å². The van der Waals surface area contributed by atoms with E-state index < -0.39 is 144 Å². The molecule has 0 radical (unpaired) electrons. The Bertz CT molecular complexity index is 3110. The molecule has 2 heterocycles. The van der Waals surface area contributed by atoms with Gasteiger partial charge in [0.05, 0.1) is 66.1 Å². The van der Waals surface area contributed by atoms with Crippen LogP contribution in [0.4, 0.5) is 17.1 Å². The predicted octanol–water partition coefficient (Wildman–Crippen LogP) is -12.1. The molecule has 3 aliphatic rings. The fraction of sp³-hybridized carbons (Fsp3) is 0.308. The molecule has 64 heavy (non-hydrogen) atoms. The van der Waals surface area contributed by atoms with E-state index in [9.17, 15) is 68.7 Å². The second-order valence-electron chi connectivity index (χ2n) is 11.4. The number of benzene rings is 3. The number of hydrogen-bond acceptors (Lipinski definition) is 26. The van der Waals surface area contributed by atoms with Gasteiger partial charge in [0.15, 0.2) is 42.5 Å². The molecule has 2 aromatic rings. The first kappa shape index (κ1) is 62.4. The summed E-state index contributed by atoms with van der Waals surface area (Å²) in [6, 6.07) is 4.22. The smallest absolute Gasteiger partial charge is 0.726 e. The molecule has 0 fully saturated rings. The van der Waals surface area contributed by atoms with Crippen molar-refractivity contribution in [2.45, 2.75) is 9.79 Å². The van der Waals surface area contributed by atoms with E-state index >= 15 is 0 Å². The van der Waals surface area contributed by atoms with Gasteiger partial charge in [-0.05, 0) is 18.2 Å². The summed E-state index contributed by atoms with van der Waals surface area (Å²) >= 11 is 13.4. The summed E-state index contributed by atoms with van der Waals surface area (Å²) in [6.07, 6.45) is 0. The van der Waals surface area contributed by atoms with E-state index in [4.69, 9.17) is 32.4 Å². The molecule has 0 aromatic heterocycles. The summed E-state index contributed by atoms with van der Waals surface area (Å²) in [5, 5.41) is 4.04. The molecular weight excluding hydrogens is 1080 g/mol. The number of hydrogen-bond donors (Lipinski definition) is 2. The fourth-order valence-corrected chi connectivity index (χ4v) is 9.68. The van der Waals surface area contributed by atoms with Crippen molar-refractivity contribution in [1.82, 2.24) is 4.98 Å². The average molecular weight is 1100 g/mol. The van der Waals surface area contributed by atoms with Gasteiger partial charge in [-0.1, -0.05) is 23.2 Å². The van der Waals surface area contributed by atoms with Crippen LogP contribution >= 0.6 is 23.2 Å². The number of rotatable bonds is 19. The number of halogens is 2. The van der Waals surface area contributed by atoms with Crippen LogP contribution in [0.1, 0.15) is 0 Å². The summed E-state index contributed by atoms with van der Waals surface area (Å²) in [5.41, 5.74) is -1.77. The molecule has 332 valence electrons. The Kier molecular flexibility index (Phi) is 23.9. The molecule has 2 N–H and O–H groups in total. The first-order valence-electron chi connectivity index (χ1n) is 15.6. The maximum Gasteiger partial charge on any atom is 1.00 e. The maximum atomic E-state index is 13.6. The number of sulfone groups is 2. The molecule has 2 aliphatic heterocycles. The third-order valence-corrected chi connectivity index (χ3v) is 13.3. The van der Waals surface area contributed by atoms with Crippen molar-refractivity contribution in [3.63, 3.8) is 0 Å². The van der Waals surface area contributed by atoms with Crippen molar-refractivity contribution in [2.24, 2.45) is 4.99 Å². The van der Waals surface area contributed by atoms with Crippen molar-refractivity contribution in [3.8, 4) is 23.0 Å². The standard InChI is InChI=1S/C26H26Cl2N4O22S6.4Na/c27-19-22-25(54-23-13(31-22)1-2-14(29-3-5-49-57(37,38)39)26(23)56(35,36)10-8-52-60(46,47)48)20(28)21-24(19)53-17-11-16(30-4-6-50-58(40,41)42)18(12-15(17)32-21)55(33,34)9-7-51-59(43,44)45;;;;/h1-2,11-12,30,32H,3-10H2,(H,37,38,39)(H,40,41,42)(H,43,44,45)(H,46,47,48);;;;/q;4*+1/p-4. The average Bonchev–Trinajstić information content (AvgIpc) is 3.10. The number of nitrogens with zero attached hydrogens (tertiary/aromatic N) is 2. The van der Waals surface area contributed by atoms with Crippen LogP contribution in [0.25, 0.3) is 22.6 Å². The Labute approximate surface area is 463 Å². The molecule has 5 rings (SSSR count). The van der Waals surface area contributed by atoms with Gasteiger partial charge in [-0.2, -0.15) is 0 Å². The molecule has 0 bridgehead atoms. The van der Waals surface area contributed by atoms with Gasteiger partial charge in [-0.25, -0.2) is 55.5 Å². The first-order chi connectivity index (χ1) is 27.6. The van der Waals surface area contributed by atoms with Crippen molar-refractivity contribution in [2.75, 3.05) is 61.7 Å². The van der Waals surface area contributed by atoms with Crippen molar-refractivity contribution in [3.05, 3.63) is 39.7 Å². The Morgan fingerprint density at radius 2 is 1.23 bits per heavy atom. The Morgan fingerprint density at radius 1 is 0.703 bits per heavy atom. The molecule has 0 amide bonds.